The summed E-state index contributed by atoms with van der Waals surface area (Å²) >= 11 is 0. The summed E-state index contributed by atoms with van der Waals surface area (Å²) in [6, 6.07) is 13.4. The summed E-state index contributed by atoms with van der Waals surface area (Å²) in [6.07, 6.45) is 0.904. The topological polar surface area (TPSA) is 38.0 Å². The van der Waals surface area contributed by atoms with Crippen LogP contribution in [0.25, 0.3) is 0 Å². The number of benzene rings is 2. The van der Waals surface area contributed by atoms with E-state index in [1.54, 1.807) is 0 Å². The molecule has 0 saturated carbocycles. The second kappa shape index (κ2) is 6.21. The van der Waals surface area contributed by atoms with Gasteiger partial charge < -0.3 is 0 Å². The Bertz CT molecular complexity index is 582. The summed E-state index contributed by atoms with van der Waals surface area (Å²) < 4.78 is 0. The molecule has 2 aromatic rings. The third-order valence-corrected chi connectivity index (χ3v) is 3.86. The summed E-state index contributed by atoms with van der Waals surface area (Å²) in [7, 11) is 0. The van der Waals surface area contributed by atoms with Crippen LogP contribution < -0.4 is 11.3 Å². The lowest BCUT2D eigenvalue weighted by molar-refractivity contribution is 0.551. The molecule has 0 bridgehead atoms. The molecule has 1 unspecified atom stereocenters. The fourth-order valence-electron chi connectivity index (χ4n) is 2.68. The van der Waals surface area contributed by atoms with Crippen molar-refractivity contribution in [1.29, 1.82) is 0 Å². The van der Waals surface area contributed by atoms with Crippen molar-refractivity contribution in [3.05, 3.63) is 69.8 Å². The van der Waals surface area contributed by atoms with Crippen LogP contribution in [0.3, 0.4) is 0 Å². The standard InChI is InChI=1S/C18H24N2/c1-12-7-13(2)9-16(8-12)11-18(20-19)17-6-5-14(3)15(4)10-17/h5-10,18,20H,11,19H2,1-4H3. The van der Waals surface area contributed by atoms with E-state index in [0.29, 0.717) is 0 Å². The summed E-state index contributed by atoms with van der Waals surface area (Å²) in [5, 5.41) is 0. The Balaban J connectivity index is 2.26. The lowest BCUT2D eigenvalue weighted by Gasteiger charge is -2.18. The molecular formula is C18H24N2. The van der Waals surface area contributed by atoms with Gasteiger partial charge >= 0.3 is 0 Å². The minimum absolute atomic E-state index is 0.149. The van der Waals surface area contributed by atoms with Gasteiger partial charge in [-0.2, -0.15) is 0 Å². The number of hydrogen-bond acceptors (Lipinski definition) is 2. The van der Waals surface area contributed by atoms with Crippen molar-refractivity contribution in [2.24, 2.45) is 5.84 Å². The van der Waals surface area contributed by atoms with E-state index in [4.69, 9.17) is 5.84 Å². The molecule has 0 aliphatic rings. The SMILES string of the molecule is Cc1cc(C)cc(CC(NN)c2ccc(C)c(C)c2)c1. The van der Waals surface area contributed by atoms with Gasteiger partial charge in [-0.25, -0.2) is 0 Å². The summed E-state index contributed by atoms with van der Waals surface area (Å²) in [5.74, 6) is 5.77. The zero-order valence-electron chi connectivity index (χ0n) is 12.8. The quantitative estimate of drug-likeness (QED) is 0.656. The lowest BCUT2D eigenvalue weighted by Crippen LogP contribution is -2.29. The largest absolute Gasteiger partial charge is 0.271 e. The maximum atomic E-state index is 5.77. The third kappa shape index (κ3) is 3.47. The van der Waals surface area contributed by atoms with E-state index < -0.39 is 0 Å². The van der Waals surface area contributed by atoms with Crippen molar-refractivity contribution in [2.75, 3.05) is 0 Å². The van der Waals surface area contributed by atoms with Crippen molar-refractivity contribution >= 4 is 0 Å². The summed E-state index contributed by atoms with van der Waals surface area (Å²) in [5.41, 5.74) is 10.7. The molecule has 0 aliphatic carbocycles. The molecule has 0 radical (unpaired) electrons. The minimum Gasteiger partial charge on any atom is -0.271 e. The first-order valence-corrected chi connectivity index (χ1v) is 7.10. The molecule has 0 aromatic heterocycles. The van der Waals surface area contributed by atoms with Crippen LogP contribution in [-0.4, -0.2) is 0 Å². The Kier molecular flexibility index (Phi) is 4.58. The van der Waals surface area contributed by atoms with E-state index in [1.807, 2.05) is 0 Å². The Hall–Kier alpha value is -1.64. The predicted molar refractivity (Wildman–Crippen MR) is 85.6 cm³/mol. The second-order valence-electron chi connectivity index (χ2n) is 5.76. The van der Waals surface area contributed by atoms with E-state index in [0.717, 1.165) is 6.42 Å². The van der Waals surface area contributed by atoms with Gasteiger partial charge in [-0.1, -0.05) is 47.5 Å². The Labute approximate surface area is 122 Å². The molecule has 0 aliphatic heterocycles. The van der Waals surface area contributed by atoms with Crippen LogP contribution in [0.1, 0.15) is 39.4 Å². The minimum atomic E-state index is 0.149. The van der Waals surface area contributed by atoms with Gasteiger partial charge in [0.15, 0.2) is 0 Å². The number of rotatable bonds is 4. The van der Waals surface area contributed by atoms with Crippen molar-refractivity contribution in [2.45, 2.75) is 40.2 Å². The third-order valence-electron chi connectivity index (χ3n) is 3.86. The molecule has 2 heteroatoms. The highest BCUT2D eigenvalue weighted by molar-refractivity contribution is 5.34. The van der Waals surface area contributed by atoms with Gasteiger partial charge in [0.25, 0.3) is 0 Å². The Morgan fingerprint density at radius 1 is 0.900 bits per heavy atom. The van der Waals surface area contributed by atoms with Crippen LogP contribution in [0.2, 0.25) is 0 Å². The van der Waals surface area contributed by atoms with E-state index in [-0.39, 0.29) is 6.04 Å². The van der Waals surface area contributed by atoms with Gasteiger partial charge in [-0.15, -0.1) is 0 Å². The maximum Gasteiger partial charge on any atom is 0.0500 e. The molecule has 3 N–H and O–H groups in total. The van der Waals surface area contributed by atoms with Gasteiger partial charge in [0.1, 0.15) is 0 Å². The first kappa shape index (κ1) is 14.8. The number of hydrazine groups is 1. The van der Waals surface area contributed by atoms with Crippen molar-refractivity contribution < 1.29 is 0 Å². The summed E-state index contributed by atoms with van der Waals surface area (Å²) in [4.78, 5) is 0. The average Bonchev–Trinajstić information content (AvgIpc) is 2.38. The van der Waals surface area contributed by atoms with E-state index in [9.17, 15) is 0 Å². The van der Waals surface area contributed by atoms with Crippen LogP contribution in [0, 0.1) is 27.7 Å². The fraction of sp³-hybridized carbons (Fsp3) is 0.333. The second-order valence-corrected chi connectivity index (χ2v) is 5.76. The highest BCUT2D eigenvalue weighted by atomic mass is 15.2. The van der Waals surface area contributed by atoms with Crippen molar-refractivity contribution in [3.8, 4) is 0 Å². The normalized spacial score (nSPS) is 12.4. The number of aryl methyl sites for hydroxylation is 4. The molecule has 2 nitrogen and oxygen atoms in total. The van der Waals surface area contributed by atoms with Gasteiger partial charge in [0.2, 0.25) is 0 Å². The first-order chi connectivity index (χ1) is 9.49. The summed E-state index contributed by atoms with van der Waals surface area (Å²) in [6.45, 7) is 8.55. The van der Waals surface area contributed by atoms with Crippen LogP contribution >= 0.6 is 0 Å². The molecule has 0 heterocycles. The van der Waals surface area contributed by atoms with E-state index in [1.165, 1.54) is 33.4 Å². The highest BCUT2D eigenvalue weighted by Crippen LogP contribution is 2.21. The van der Waals surface area contributed by atoms with Gasteiger partial charge in [0.05, 0.1) is 0 Å². The van der Waals surface area contributed by atoms with Crippen molar-refractivity contribution in [3.63, 3.8) is 0 Å². The molecule has 0 spiro atoms. The molecular weight excluding hydrogens is 244 g/mol. The van der Waals surface area contributed by atoms with E-state index in [2.05, 4.69) is 69.5 Å². The molecule has 2 rings (SSSR count). The zero-order valence-corrected chi connectivity index (χ0v) is 12.8. The van der Waals surface area contributed by atoms with Gasteiger partial charge in [-0.3, -0.25) is 11.3 Å². The first-order valence-electron chi connectivity index (χ1n) is 7.10. The lowest BCUT2D eigenvalue weighted by atomic mass is 9.95. The smallest absolute Gasteiger partial charge is 0.0500 e. The van der Waals surface area contributed by atoms with Gasteiger partial charge in [-0.05, 0) is 56.4 Å². The number of nitrogens with one attached hydrogen (secondary N) is 1. The van der Waals surface area contributed by atoms with Crippen molar-refractivity contribution in [1.82, 2.24) is 5.43 Å². The van der Waals surface area contributed by atoms with Crippen LogP contribution in [-0.2, 0) is 6.42 Å². The molecule has 1 atom stereocenters. The van der Waals surface area contributed by atoms with Crippen LogP contribution in [0.5, 0.6) is 0 Å². The molecule has 106 valence electrons. The highest BCUT2D eigenvalue weighted by Gasteiger charge is 2.11. The maximum absolute atomic E-state index is 5.77. The Morgan fingerprint density at radius 2 is 1.55 bits per heavy atom. The fourth-order valence-corrected chi connectivity index (χ4v) is 2.68. The Morgan fingerprint density at radius 3 is 2.10 bits per heavy atom. The molecule has 2 aromatic carbocycles. The number of nitrogens with two attached hydrogens (primary N) is 1. The van der Waals surface area contributed by atoms with Crippen LogP contribution in [0.15, 0.2) is 36.4 Å². The molecule has 0 fully saturated rings. The van der Waals surface area contributed by atoms with Crippen LogP contribution in [0.4, 0.5) is 0 Å². The van der Waals surface area contributed by atoms with Gasteiger partial charge in [0, 0.05) is 6.04 Å². The average molecular weight is 268 g/mol. The number of hydrogen-bond donors (Lipinski definition) is 2. The zero-order chi connectivity index (χ0) is 14.7. The monoisotopic (exact) mass is 268 g/mol. The molecule has 20 heavy (non-hydrogen) atoms. The van der Waals surface area contributed by atoms with E-state index >= 15 is 0 Å². The molecule has 0 amide bonds. The predicted octanol–water partition coefficient (Wildman–Crippen LogP) is 3.67. The molecule has 0 saturated heterocycles.